The van der Waals surface area contributed by atoms with Gasteiger partial charge in [0.15, 0.2) is 0 Å². The highest BCUT2D eigenvalue weighted by Crippen LogP contribution is 1.99. The van der Waals surface area contributed by atoms with Crippen molar-refractivity contribution >= 4 is 6.21 Å². The van der Waals surface area contributed by atoms with E-state index < -0.39 is 0 Å². The van der Waals surface area contributed by atoms with Crippen LogP contribution in [-0.2, 0) is 6.54 Å². The first kappa shape index (κ1) is 11.2. The van der Waals surface area contributed by atoms with Crippen LogP contribution < -0.4 is 0 Å². The molecule has 0 aliphatic carbocycles. The molecular weight excluding hydrogens is 206 g/mol. The standard InChI is InChI=1S/C16H13N/c1-3-8-15(9-4-1)12-7-13-17-14-16-10-5-2-6-11-16/h1-6,8-11,13H,14H2. The number of rotatable bonds is 2. The molecule has 82 valence electrons. The summed E-state index contributed by atoms with van der Waals surface area (Å²) in [5, 5.41) is 0. The number of hydrogen-bond acceptors (Lipinski definition) is 1. The summed E-state index contributed by atoms with van der Waals surface area (Å²) in [7, 11) is 0. The van der Waals surface area contributed by atoms with E-state index in [1.807, 2.05) is 48.5 Å². The molecule has 2 rings (SSSR count). The fourth-order valence-corrected chi connectivity index (χ4v) is 1.42. The van der Waals surface area contributed by atoms with Crippen molar-refractivity contribution in [3.8, 4) is 11.8 Å². The van der Waals surface area contributed by atoms with Crippen LogP contribution in [0.15, 0.2) is 65.7 Å². The maximum Gasteiger partial charge on any atom is 0.0718 e. The lowest BCUT2D eigenvalue weighted by atomic mass is 10.2. The molecule has 0 atom stereocenters. The van der Waals surface area contributed by atoms with Crippen LogP contribution >= 0.6 is 0 Å². The van der Waals surface area contributed by atoms with E-state index in [1.54, 1.807) is 6.21 Å². The highest BCUT2D eigenvalue weighted by atomic mass is 14.7. The monoisotopic (exact) mass is 219 g/mol. The summed E-state index contributed by atoms with van der Waals surface area (Å²) in [6.45, 7) is 0.685. The molecule has 0 amide bonds. The Balaban J connectivity index is 1.89. The zero-order valence-electron chi connectivity index (χ0n) is 9.51. The first-order valence-corrected chi connectivity index (χ1v) is 5.54. The van der Waals surface area contributed by atoms with E-state index >= 15 is 0 Å². The summed E-state index contributed by atoms with van der Waals surface area (Å²) in [6, 6.07) is 20.0. The van der Waals surface area contributed by atoms with Crippen molar-refractivity contribution in [3.05, 3.63) is 71.8 Å². The minimum atomic E-state index is 0.685. The van der Waals surface area contributed by atoms with E-state index in [9.17, 15) is 0 Å². The van der Waals surface area contributed by atoms with Gasteiger partial charge in [-0.15, -0.1) is 0 Å². The number of benzene rings is 2. The van der Waals surface area contributed by atoms with Crippen LogP contribution in [-0.4, -0.2) is 6.21 Å². The van der Waals surface area contributed by atoms with Crippen LogP contribution in [0.3, 0.4) is 0 Å². The SMILES string of the molecule is C(#Cc1ccccc1)C=NCc1ccccc1. The molecule has 1 nitrogen and oxygen atoms in total. The minimum Gasteiger partial charge on any atom is -0.279 e. The van der Waals surface area contributed by atoms with Crippen LogP contribution in [0.4, 0.5) is 0 Å². The van der Waals surface area contributed by atoms with E-state index in [2.05, 4.69) is 29.0 Å². The van der Waals surface area contributed by atoms with Crippen LogP contribution in [0.1, 0.15) is 11.1 Å². The Morgan fingerprint density at radius 1 is 0.882 bits per heavy atom. The smallest absolute Gasteiger partial charge is 0.0718 e. The van der Waals surface area contributed by atoms with Crippen molar-refractivity contribution in [2.45, 2.75) is 6.54 Å². The van der Waals surface area contributed by atoms with Crippen LogP contribution in [0, 0.1) is 11.8 Å². The average molecular weight is 219 g/mol. The van der Waals surface area contributed by atoms with E-state index in [4.69, 9.17) is 0 Å². The van der Waals surface area contributed by atoms with E-state index in [0.29, 0.717) is 6.54 Å². The Hall–Kier alpha value is -2.33. The van der Waals surface area contributed by atoms with E-state index in [0.717, 1.165) is 5.56 Å². The third-order valence-electron chi connectivity index (χ3n) is 2.26. The zero-order chi connectivity index (χ0) is 11.8. The van der Waals surface area contributed by atoms with Crippen molar-refractivity contribution < 1.29 is 0 Å². The van der Waals surface area contributed by atoms with Gasteiger partial charge in [0.1, 0.15) is 0 Å². The molecule has 0 fully saturated rings. The molecule has 0 spiro atoms. The molecule has 2 aromatic carbocycles. The minimum absolute atomic E-state index is 0.685. The third-order valence-corrected chi connectivity index (χ3v) is 2.26. The molecule has 0 bridgehead atoms. The Kier molecular flexibility index (Phi) is 4.13. The molecule has 1 heteroatoms. The summed E-state index contributed by atoms with van der Waals surface area (Å²) < 4.78 is 0. The Morgan fingerprint density at radius 2 is 1.53 bits per heavy atom. The normalized spacial score (nSPS) is 9.88. The van der Waals surface area contributed by atoms with Gasteiger partial charge >= 0.3 is 0 Å². The lowest BCUT2D eigenvalue weighted by molar-refractivity contribution is 1.08. The number of hydrogen-bond donors (Lipinski definition) is 0. The maximum absolute atomic E-state index is 4.26. The second kappa shape index (κ2) is 6.30. The Bertz CT molecular complexity index is 530. The lowest BCUT2D eigenvalue weighted by Gasteiger charge is -1.92. The van der Waals surface area contributed by atoms with Crippen molar-refractivity contribution in [2.75, 3.05) is 0 Å². The van der Waals surface area contributed by atoms with Crippen LogP contribution in [0.25, 0.3) is 0 Å². The number of nitrogens with zero attached hydrogens (tertiary/aromatic N) is 1. The van der Waals surface area contributed by atoms with Gasteiger partial charge in [0, 0.05) is 5.56 Å². The second-order valence-electron chi connectivity index (χ2n) is 3.59. The molecule has 0 aromatic heterocycles. The zero-order valence-corrected chi connectivity index (χ0v) is 9.51. The third kappa shape index (κ3) is 3.96. The quantitative estimate of drug-likeness (QED) is 0.543. The van der Waals surface area contributed by atoms with Gasteiger partial charge in [0.05, 0.1) is 12.8 Å². The topological polar surface area (TPSA) is 12.4 Å². The Labute approximate surface area is 102 Å². The number of aliphatic imine (C=N–C) groups is 1. The molecule has 0 N–H and O–H groups in total. The van der Waals surface area contributed by atoms with Gasteiger partial charge < -0.3 is 0 Å². The van der Waals surface area contributed by atoms with Crippen LogP contribution in [0.5, 0.6) is 0 Å². The summed E-state index contributed by atoms with van der Waals surface area (Å²) in [5.74, 6) is 5.96. The summed E-state index contributed by atoms with van der Waals surface area (Å²) >= 11 is 0. The fraction of sp³-hybridized carbons (Fsp3) is 0.0625. The van der Waals surface area contributed by atoms with Crippen molar-refractivity contribution in [2.24, 2.45) is 4.99 Å². The fourth-order valence-electron chi connectivity index (χ4n) is 1.42. The molecule has 0 saturated heterocycles. The molecule has 17 heavy (non-hydrogen) atoms. The van der Waals surface area contributed by atoms with Gasteiger partial charge in [-0.3, -0.25) is 4.99 Å². The van der Waals surface area contributed by atoms with Crippen LogP contribution in [0.2, 0.25) is 0 Å². The van der Waals surface area contributed by atoms with E-state index in [1.165, 1.54) is 5.56 Å². The Morgan fingerprint density at radius 3 is 2.24 bits per heavy atom. The van der Waals surface area contributed by atoms with Crippen molar-refractivity contribution in [1.82, 2.24) is 0 Å². The summed E-state index contributed by atoms with van der Waals surface area (Å²) in [4.78, 5) is 4.26. The molecule has 2 aromatic rings. The molecular formula is C16H13N. The molecule has 0 heterocycles. The van der Waals surface area contributed by atoms with Gasteiger partial charge in [-0.1, -0.05) is 54.5 Å². The van der Waals surface area contributed by atoms with Crippen molar-refractivity contribution in [1.29, 1.82) is 0 Å². The highest BCUT2D eigenvalue weighted by molar-refractivity contribution is 5.79. The first-order chi connectivity index (χ1) is 8.45. The second-order valence-corrected chi connectivity index (χ2v) is 3.59. The van der Waals surface area contributed by atoms with Gasteiger partial charge in [-0.05, 0) is 23.6 Å². The summed E-state index contributed by atoms with van der Waals surface area (Å²) in [5.41, 5.74) is 2.21. The van der Waals surface area contributed by atoms with Crippen molar-refractivity contribution in [3.63, 3.8) is 0 Å². The predicted molar refractivity (Wildman–Crippen MR) is 72.0 cm³/mol. The van der Waals surface area contributed by atoms with Gasteiger partial charge in [0.25, 0.3) is 0 Å². The highest BCUT2D eigenvalue weighted by Gasteiger charge is 1.85. The maximum atomic E-state index is 4.26. The van der Waals surface area contributed by atoms with Gasteiger partial charge in [-0.2, -0.15) is 0 Å². The lowest BCUT2D eigenvalue weighted by Crippen LogP contribution is -1.79. The van der Waals surface area contributed by atoms with Gasteiger partial charge in [0.2, 0.25) is 0 Å². The largest absolute Gasteiger partial charge is 0.279 e. The summed E-state index contributed by atoms with van der Waals surface area (Å²) in [6.07, 6.45) is 1.67. The molecule has 0 unspecified atom stereocenters. The average Bonchev–Trinajstić information content (AvgIpc) is 2.41. The molecule has 0 aliphatic heterocycles. The van der Waals surface area contributed by atoms with Gasteiger partial charge in [-0.25, -0.2) is 0 Å². The predicted octanol–water partition coefficient (Wildman–Crippen LogP) is 3.31. The first-order valence-electron chi connectivity index (χ1n) is 5.54. The molecule has 0 radical (unpaired) electrons. The van der Waals surface area contributed by atoms with E-state index in [-0.39, 0.29) is 0 Å². The molecule has 0 aliphatic rings. The molecule has 0 saturated carbocycles.